The Morgan fingerprint density at radius 1 is 1.13 bits per heavy atom. The number of hydrogen-bond acceptors (Lipinski definition) is 3. The van der Waals surface area contributed by atoms with Crippen molar-refractivity contribution in [3.05, 3.63) is 65.9 Å². The molecule has 3 heterocycles. The molecule has 7 heteroatoms. The van der Waals surface area contributed by atoms with Crippen molar-refractivity contribution >= 4 is 22.5 Å². The predicted molar refractivity (Wildman–Crippen MR) is 114 cm³/mol. The summed E-state index contributed by atoms with van der Waals surface area (Å²) < 4.78 is 16.6. The molecule has 2 N–H and O–H groups in total. The number of amides is 1. The fourth-order valence-corrected chi connectivity index (χ4v) is 4.11. The summed E-state index contributed by atoms with van der Waals surface area (Å²) in [7, 11) is 0. The van der Waals surface area contributed by atoms with Crippen LogP contribution in [-0.2, 0) is 24.2 Å². The number of nitrogens with one attached hydrogen (secondary N) is 2. The van der Waals surface area contributed by atoms with E-state index in [4.69, 9.17) is 0 Å². The lowest BCUT2D eigenvalue weighted by Crippen LogP contribution is -2.14. The van der Waals surface area contributed by atoms with E-state index in [0.29, 0.717) is 17.1 Å². The Kier molecular flexibility index (Phi) is 4.78. The van der Waals surface area contributed by atoms with Crippen molar-refractivity contribution in [3.63, 3.8) is 0 Å². The first-order valence-corrected chi connectivity index (χ1v) is 10.3. The molecular formula is C23H22FN5O. The minimum absolute atomic E-state index is 0.155. The number of benzene rings is 2. The van der Waals surface area contributed by atoms with Gasteiger partial charge in [0.2, 0.25) is 5.91 Å². The maximum absolute atomic E-state index is 14.6. The summed E-state index contributed by atoms with van der Waals surface area (Å²) in [5.41, 5.74) is 2.83. The Hall–Kier alpha value is -3.48. The number of nitrogens with zero attached hydrogens (tertiary/aromatic N) is 3. The van der Waals surface area contributed by atoms with Gasteiger partial charge in [-0.15, -0.1) is 10.2 Å². The van der Waals surface area contributed by atoms with Crippen LogP contribution in [0.25, 0.3) is 22.3 Å². The number of rotatable bonds is 4. The van der Waals surface area contributed by atoms with Crippen molar-refractivity contribution in [2.45, 2.75) is 38.6 Å². The molecule has 0 fully saturated rings. The Balaban J connectivity index is 1.39. The van der Waals surface area contributed by atoms with Crippen molar-refractivity contribution in [2.24, 2.45) is 0 Å². The zero-order chi connectivity index (χ0) is 20.5. The van der Waals surface area contributed by atoms with Crippen LogP contribution in [0.15, 0.2) is 48.7 Å². The first-order valence-electron chi connectivity index (χ1n) is 10.3. The number of hydrogen-bond donors (Lipinski definition) is 2. The van der Waals surface area contributed by atoms with Gasteiger partial charge in [-0.3, -0.25) is 4.79 Å². The Bertz CT molecular complexity index is 1230. The van der Waals surface area contributed by atoms with Crippen LogP contribution < -0.4 is 5.32 Å². The number of carbonyl (C=O) groups is 1. The standard InChI is InChI=1S/C23H22FN5O/c24-19-10-9-16(13-18(19)23-28-27-21-8-2-1-5-11-29(21)23)26-22(30)12-15-14-25-20-7-4-3-6-17(15)20/h3-4,6-7,9-10,13-14,25H,1-2,5,8,11-12H2,(H,26,30). The molecule has 4 aromatic rings. The van der Waals surface area contributed by atoms with Gasteiger partial charge in [0.15, 0.2) is 5.82 Å². The van der Waals surface area contributed by atoms with E-state index in [1.54, 1.807) is 12.1 Å². The zero-order valence-corrected chi connectivity index (χ0v) is 16.5. The lowest BCUT2D eigenvalue weighted by atomic mass is 10.1. The molecule has 2 aromatic carbocycles. The minimum atomic E-state index is -0.371. The summed E-state index contributed by atoms with van der Waals surface area (Å²) in [5, 5.41) is 12.4. The highest BCUT2D eigenvalue weighted by Crippen LogP contribution is 2.28. The van der Waals surface area contributed by atoms with Gasteiger partial charge in [0.25, 0.3) is 0 Å². The Labute approximate surface area is 173 Å². The molecule has 6 nitrogen and oxygen atoms in total. The fourth-order valence-electron chi connectivity index (χ4n) is 4.11. The van der Waals surface area contributed by atoms with E-state index in [1.807, 2.05) is 35.0 Å². The Morgan fingerprint density at radius 2 is 2.03 bits per heavy atom. The lowest BCUT2D eigenvalue weighted by Gasteiger charge is -2.10. The van der Waals surface area contributed by atoms with Gasteiger partial charge >= 0.3 is 0 Å². The van der Waals surface area contributed by atoms with Crippen LogP contribution in [0.3, 0.4) is 0 Å². The van der Waals surface area contributed by atoms with E-state index >= 15 is 0 Å². The number of aryl methyl sites for hydroxylation is 1. The van der Waals surface area contributed by atoms with Gasteiger partial charge in [-0.25, -0.2) is 4.39 Å². The number of H-pyrrole nitrogens is 1. The summed E-state index contributed by atoms with van der Waals surface area (Å²) in [4.78, 5) is 15.8. The fraction of sp³-hybridized carbons (Fsp3) is 0.261. The predicted octanol–water partition coefficient (Wildman–Crippen LogP) is 4.47. The van der Waals surface area contributed by atoms with Crippen LogP contribution in [0, 0.1) is 5.82 Å². The molecule has 0 aliphatic carbocycles. The average Bonchev–Trinajstić information content (AvgIpc) is 3.26. The number of halogens is 1. The number of carbonyl (C=O) groups excluding carboxylic acids is 1. The third kappa shape index (κ3) is 3.47. The van der Waals surface area contributed by atoms with Crippen LogP contribution >= 0.6 is 0 Å². The molecule has 0 saturated heterocycles. The molecule has 0 radical (unpaired) electrons. The van der Waals surface area contributed by atoms with Gasteiger partial charge in [0.1, 0.15) is 11.6 Å². The second-order valence-electron chi connectivity index (χ2n) is 7.68. The number of fused-ring (bicyclic) bond motifs is 2. The maximum Gasteiger partial charge on any atom is 0.228 e. The zero-order valence-electron chi connectivity index (χ0n) is 16.5. The summed E-state index contributed by atoms with van der Waals surface area (Å²) >= 11 is 0. The highest BCUT2D eigenvalue weighted by atomic mass is 19.1. The third-order valence-electron chi connectivity index (χ3n) is 5.63. The van der Waals surface area contributed by atoms with Crippen LogP contribution in [0.5, 0.6) is 0 Å². The second kappa shape index (κ2) is 7.74. The number of aromatic amines is 1. The first-order chi connectivity index (χ1) is 14.7. The van der Waals surface area contributed by atoms with E-state index in [2.05, 4.69) is 20.5 Å². The van der Waals surface area contributed by atoms with Gasteiger partial charge in [-0.2, -0.15) is 0 Å². The van der Waals surface area contributed by atoms with Gasteiger partial charge in [-0.05, 0) is 42.7 Å². The second-order valence-corrected chi connectivity index (χ2v) is 7.68. The highest BCUT2D eigenvalue weighted by Gasteiger charge is 2.19. The topological polar surface area (TPSA) is 75.6 Å². The van der Waals surface area contributed by atoms with E-state index in [-0.39, 0.29) is 18.1 Å². The van der Waals surface area contributed by atoms with E-state index in [0.717, 1.165) is 54.5 Å². The SMILES string of the molecule is O=C(Cc1c[nH]c2ccccc12)Nc1ccc(F)c(-c2nnc3n2CCCCC3)c1. The number of aromatic nitrogens is 4. The van der Waals surface area contributed by atoms with E-state index in [1.165, 1.54) is 6.07 Å². The largest absolute Gasteiger partial charge is 0.361 e. The van der Waals surface area contributed by atoms with Crippen molar-refractivity contribution in [2.75, 3.05) is 5.32 Å². The molecule has 2 aromatic heterocycles. The van der Waals surface area contributed by atoms with Crippen LogP contribution in [-0.4, -0.2) is 25.7 Å². The normalized spacial score (nSPS) is 13.8. The molecule has 1 aliphatic heterocycles. The molecule has 0 unspecified atom stereocenters. The summed E-state index contributed by atoms with van der Waals surface area (Å²) in [6.07, 6.45) is 6.18. The summed E-state index contributed by atoms with van der Waals surface area (Å²) in [6.45, 7) is 0.786. The van der Waals surface area contributed by atoms with Gasteiger partial charge in [0.05, 0.1) is 12.0 Å². The molecule has 0 spiro atoms. The molecule has 1 amide bonds. The quantitative estimate of drug-likeness (QED) is 0.528. The molecule has 5 rings (SSSR count). The lowest BCUT2D eigenvalue weighted by molar-refractivity contribution is -0.115. The molecular weight excluding hydrogens is 381 g/mol. The monoisotopic (exact) mass is 403 g/mol. The molecule has 30 heavy (non-hydrogen) atoms. The number of anilines is 1. The average molecular weight is 403 g/mol. The van der Waals surface area contributed by atoms with Crippen molar-refractivity contribution in [1.82, 2.24) is 19.7 Å². The van der Waals surface area contributed by atoms with E-state index in [9.17, 15) is 9.18 Å². The molecule has 1 aliphatic rings. The van der Waals surface area contributed by atoms with Crippen LogP contribution in [0.4, 0.5) is 10.1 Å². The first kappa shape index (κ1) is 18.5. The molecule has 0 bridgehead atoms. The summed E-state index contributed by atoms with van der Waals surface area (Å²) in [6, 6.07) is 12.5. The van der Waals surface area contributed by atoms with E-state index < -0.39 is 0 Å². The third-order valence-corrected chi connectivity index (χ3v) is 5.63. The summed E-state index contributed by atoms with van der Waals surface area (Å²) in [5.74, 6) is 0.897. The van der Waals surface area contributed by atoms with Gasteiger partial charge in [-0.1, -0.05) is 24.6 Å². The minimum Gasteiger partial charge on any atom is -0.361 e. The molecule has 0 atom stereocenters. The highest BCUT2D eigenvalue weighted by molar-refractivity contribution is 5.96. The van der Waals surface area contributed by atoms with Gasteiger partial charge < -0.3 is 14.9 Å². The van der Waals surface area contributed by atoms with Crippen molar-refractivity contribution in [3.8, 4) is 11.4 Å². The molecule has 152 valence electrons. The van der Waals surface area contributed by atoms with Crippen LogP contribution in [0.1, 0.15) is 30.7 Å². The maximum atomic E-state index is 14.6. The Morgan fingerprint density at radius 3 is 2.97 bits per heavy atom. The molecule has 0 saturated carbocycles. The number of para-hydroxylation sites is 1. The van der Waals surface area contributed by atoms with Crippen molar-refractivity contribution < 1.29 is 9.18 Å². The smallest absolute Gasteiger partial charge is 0.228 e. The van der Waals surface area contributed by atoms with Gasteiger partial charge in [0, 0.05) is 35.8 Å². The van der Waals surface area contributed by atoms with Crippen molar-refractivity contribution in [1.29, 1.82) is 0 Å². The van der Waals surface area contributed by atoms with Crippen LogP contribution in [0.2, 0.25) is 0 Å².